The van der Waals surface area contributed by atoms with Crippen molar-refractivity contribution in [1.82, 2.24) is 10.6 Å². The average molecular weight is 555 g/mol. The molecule has 0 aromatic carbocycles. The number of ketones is 3. The fraction of sp³-hybridized carbons (Fsp3) is 0.680. The lowest BCUT2D eigenvalue weighted by molar-refractivity contribution is -0.135. The first-order valence-corrected chi connectivity index (χ1v) is 12.9. The molecule has 0 saturated heterocycles. The SMILES string of the molecule is CC(=O)C[C@@H](CCC(N)=O)C(=O)N[C@@H](CCCN)C(=O)C[C@@H](CCC(N)=O)C(=O)N[C@@H](CCC(N)=O)C(C)=O. The summed E-state index contributed by atoms with van der Waals surface area (Å²) in [6.45, 7) is 2.73. The lowest BCUT2D eigenvalue weighted by Gasteiger charge is -2.24. The van der Waals surface area contributed by atoms with Crippen molar-refractivity contribution in [2.75, 3.05) is 6.54 Å². The maximum atomic E-state index is 13.3. The van der Waals surface area contributed by atoms with Crippen LogP contribution in [0.15, 0.2) is 0 Å². The Morgan fingerprint density at radius 1 is 0.615 bits per heavy atom. The fourth-order valence-electron chi connectivity index (χ4n) is 3.90. The minimum Gasteiger partial charge on any atom is -0.370 e. The molecule has 0 saturated carbocycles. The first kappa shape index (κ1) is 35.3. The van der Waals surface area contributed by atoms with Gasteiger partial charge in [0.1, 0.15) is 5.78 Å². The van der Waals surface area contributed by atoms with Gasteiger partial charge in [-0.05, 0) is 52.5 Å². The van der Waals surface area contributed by atoms with Crippen LogP contribution in [-0.4, -0.2) is 65.5 Å². The molecule has 0 aromatic heterocycles. The van der Waals surface area contributed by atoms with Gasteiger partial charge in [-0.15, -0.1) is 0 Å². The van der Waals surface area contributed by atoms with Crippen LogP contribution < -0.4 is 33.6 Å². The van der Waals surface area contributed by atoms with Crippen LogP contribution >= 0.6 is 0 Å². The number of nitrogens with two attached hydrogens (primary N) is 4. The van der Waals surface area contributed by atoms with Gasteiger partial charge in [-0.2, -0.15) is 0 Å². The average Bonchev–Trinajstić information content (AvgIpc) is 2.83. The monoisotopic (exact) mass is 554 g/mol. The van der Waals surface area contributed by atoms with Gasteiger partial charge in [-0.1, -0.05) is 0 Å². The molecule has 0 aliphatic carbocycles. The van der Waals surface area contributed by atoms with Gasteiger partial charge in [-0.3, -0.25) is 33.6 Å². The molecule has 14 nitrogen and oxygen atoms in total. The zero-order chi connectivity index (χ0) is 30.1. The molecule has 0 unspecified atom stereocenters. The molecule has 0 radical (unpaired) electrons. The first-order chi connectivity index (χ1) is 18.2. The minimum absolute atomic E-state index is 0.0138. The van der Waals surface area contributed by atoms with Crippen LogP contribution in [0.4, 0.5) is 0 Å². The van der Waals surface area contributed by atoms with Gasteiger partial charge in [0.05, 0.1) is 12.1 Å². The van der Waals surface area contributed by atoms with Crippen molar-refractivity contribution >= 4 is 46.9 Å². The molecule has 0 bridgehead atoms. The summed E-state index contributed by atoms with van der Waals surface area (Å²) in [4.78, 5) is 96.5. The van der Waals surface area contributed by atoms with Crippen LogP contribution in [0.2, 0.25) is 0 Å². The van der Waals surface area contributed by atoms with E-state index in [-0.39, 0.29) is 63.7 Å². The van der Waals surface area contributed by atoms with Gasteiger partial charge in [0.15, 0.2) is 11.6 Å². The quantitative estimate of drug-likeness (QED) is 0.0884. The number of carbonyl (C=O) groups is 8. The normalized spacial score (nSPS) is 13.8. The summed E-state index contributed by atoms with van der Waals surface area (Å²) >= 11 is 0. The lowest BCUT2D eigenvalue weighted by Crippen LogP contribution is -2.47. The standard InChI is InChI=1S/C25H42N6O8/c1-14(32)12-16(5-8-21(27)35)24(38)31-19(4-3-11-26)20(34)13-17(6-9-22(28)36)25(39)30-18(15(2)33)7-10-23(29)37/h16-19H,3-13,26H2,1-2H3,(H2,27,35)(H2,28,36)(H2,29,37)(H,30,39)(H,31,38)/t16-,17-,18+,19+/m1/s1. The number of amides is 5. The van der Waals surface area contributed by atoms with Crippen LogP contribution in [0, 0.1) is 11.8 Å². The molecular formula is C25H42N6O8. The largest absolute Gasteiger partial charge is 0.370 e. The van der Waals surface area contributed by atoms with Crippen molar-refractivity contribution in [3.05, 3.63) is 0 Å². The van der Waals surface area contributed by atoms with E-state index in [1.807, 2.05) is 0 Å². The van der Waals surface area contributed by atoms with E-state index in [0.29, 0.717) is 6.42 Å². The van der Waals surface area contributed by atoms with Crippen LogP contribution in [0.25, 0.3) is 0 Å². The van der Waals surface area contributed by atoms with Crippen LogP contribution in [0.1, 0.15) is 78.1 Å². The predicted octanol–water partition coefficient (Wildman–Crippen LogP) is -1.75. The smallest absolute Gasteiger partial charge is 0.224 e. The molecule has 39 heavy (non-hydrogen) atoms. The second-order valence-electron chi connectivity index (χ2n) is 9.65. The van der Waals surface area contributed by atoms with Crippen LogP contribution in [0.5, 0.6) is 0 Å². The van der Waals surface area contributed by atoms with Crippen molar-refractivity contribution < 1.29 is 38.4 Å². The second-order valence-corrected chi connectivity index (χ2v) is 9.65. The van der Waals surface area contributed by atoms with Crippen LogP contribution in [0.3, 0.4) is 0 Å². The van der Waals surface area contributed by atoms with E-state index < -0.39 is 71.4 Å². The first-order valence-electron chi connectivity index (χ1n) is 12.9. The van der Waals surface area contributed by atoms with Crippen molar-refractivity contribution in [3.8, 4) is 0 Å². The maximum Gasteiger partial charge on any atom is 0.224 e. The number of primary amides is 3. The van der Waals surface area contributed by atoms with Crippen molar-refractivity contribution in [2.45, 2.75) is 90.1 Å². The number of carbonyl (C=O) groups excluding carboxylic acids is 8. The number of nitrogens with one attached hydrogen (secondary N) is 2. The van der Waals surface area contributed by atoms with Gasteiger partial charge >= 0.3 is 0 Å². The van der Waals surface area contributed by atoms with E-state index in [2.05, 4.69) is 10.6 Å². The van der Waals surface area contributed by atoms with Gasteiger partial charge in [0.25, 0.3) is 0 Å². The molecule has 0 rings (SSSR count). The van der Waals surface area contributed by atoms with Crippen molar-refractivity contribution in [1.29, 1.82) is 0 Å². The van der Waals surface area contributed by atoms with Crippen molar-refractivity contribution in [2.24, 2.45) is 34.8 Å². The summed E-state index contributed by atoms with van der Waals surface area (Å²) in [6, 6.07) is -2.09. The number of hydrogen-bond acceptors (Lipinski definition) is 9. The Hall–Kier alpha value is -3.68. The van der Waals surface area contributed by atoms with Gasteiger partial charge in [0.2, 0.25) is 29.5 Å². The summed E-state index contributed by atoms with van der Waals surface area (Å²) in [6.07, 6.45) is -0.678. The number of Topliss-reactive ketones (excluding diaryl/α,β-unsaturated/α-hetero) is 3. The molecule has 10 N–H and O–H groups in total. The van der Waals surface area contributed by atoms with Gasteiger partial charge in [0, 0.05) is 43.9 Å². The van der Waals surface area contributed by atoms with Crippen LogP contribution in [-0.2, 0) is 38.4 Å². The summed E-state index contributed by atoms with van der Waals surface area (Å²) < 4.78 is 0. The topological polar surface area (TPSA) is 265 Å². The second kappa shape index (κ2) is 18.6. The predicted molar refractivity (Wildman–Crippen MR) is 140 cm³/mol. The molecule has 0 aromatic rings. The van der Waals surface area contributed by atoms with E-state index in [1.165, 1.54) is 13.8 Å². The maximum absolute atomic E-state index is 13.3. The molecular weight excluding hydrogens is 512 g/mol. The van der Waals surface area contributed by atoms with E-state index in [1.54, 1.807) is 0 Å². The molecule has 14 heteroatoms. The third-order valence-corrected chi connectivity index (χ3v) is 6.09. The van der Waals surface area contributed by atoms with Gasteiger partial charge in [-0.25, -0.2) is 0 Å². The fourth-order valence-corrected chi connectivity index (χ4v) is 3.90. The molecule has 5 amide bonds. The van der Waals surface area contributed by atoms with E-state index in [4.69, 9.17) is 22.9 Å². The van der Waals surface area contributed by atoms with E-state index in [9.17, 15) is 38.4 Å². The molecule has 0 spiro atoms. The summed E-state index contributed by atoms with van der Waals surface area (Å²) in [5.74, 6) is -6.53. The Kier molecular flexibility index (Phi) is 16.8. The molecule has 0 fully saturated rings. The van der Waals surface area contributed by atoms with E-state index >= 15 is 0 Å². The zero-order valence-electron chi connectivity index (χ0n) is 22.7. The Bertz CT molecular complexity index is 922. The molecule has 0 heterocycles. The molecule has 0 aliphatic heterocycles. The molecule has 220 valence electrons. The summed E-state index contributed by atoms with van der Waals surface area (Å²) in [5.41, 5.74) is 21.1. The highest BCUT2D eigenvalue weighted by molar-refractivity contribution is 5.95. The minimum atomic E-state index is -1.07. The third kappa shape index (κ3) is 16.0. The summed E-state index contributed by atoms with van der Waals surface area (Å²) in [5, 5.41) is 5.11. The highest BCUT2D eigenvalue weighted by atomic mass is 16.2. The Morgan fingerprint density at radius 2 is 1.05 bits per heavy atom. The highest BCUT2D eigenvalue weighted by Gasteiger charge is 2.31. The number of rotatable bonds is 22. The Morgan fingerprint density at radius 3 is 1.46 bits per heavy atom. The molecule has 4 atom stereocenters. The highest BCUT2D eigenvalue weighted by Crippen LogP contribution is 2.18. The third-order valence-electron chi connectivity index (χ3n) is 6.09. The number of hydrogen-bond donors (Lipinski definition) is 6. The van der Waals surface area contributed by atoms with E-state index in [0.717, 1.165) is 0 Å². The molecule has 0 aliphatic rings. The summed E-state index contributed by atoms with van der Waals surface area (Å²) in [7, 11) is 0. The Balaban J connectivity index is 5.76. The van der Waals surface area contributed by atoms with Gasteiger partial charge < -0.3 is 38.4 Å². The van der Waals surface area contributed by atoms with Crippen molar-refractivity contribution in [3.63, 3.8) is 0 Å². The Labute approximate surface area is 227 Å². The lowest BCUT2D eigenvalue weighted by atomic mass is 9.90. The zero-order valence-corrected chi connectivity index (χ0v) is 22.7.